The monoisotopic (exact) mass is 300 g/mol. The number of nitrogens with zero attached hydrogens (tertiary/aromatic N) is 4. The number of aliphatic hydroxyl groups is 2. The highest BCUT2D eigenvalue weighted by Gasteiger charge is 2.17. The van der Waals surface area contributed by atoms with Crippen molar-refractivity contribution in [1.82, 2.24) is 19.6 Å². The van der Waals surface area contributed by atoms with Gasteiger partial charge in [0.2, 0.25) is 0 Å². The quantitative estimate of drug-likeness (QED) is 0.634. The normalized spacial score (nSPS) is 31.4. The van der Waals surface area contributed by atoms with Crippen molar-refractivity contribution in [1.29, 1.82) is 0 Å². The number of β-amino-alcohol motifs (C(OH)–C–C–N with tert-alkyl or cyclic N) is 2. The van der Waals surface area contributed by atoms with Gasteiger partial charge in [0.1, 0.15) is 0 Å². The molecule has 0 saturated carbocycles. The lowest BCUT2D eigenvalue weighted by Gasteiger charge is -2.35. The Bertz CT molecular complexity index is 291. The average Bonchev–Trinajstić information content (AvgIpc) is 2.44. The largest absolute Gasteiger partial charge is 0.367 e. The topological polar surface area (TPSA) is 53.4 Å². The lowest BCUT2D eigenvalue weighted by atomic mass is 10.2. The van der Waals surface area contributed by atoms with E-state index < -0.39 is 6.29 Å². The molecule has 2 aliphatic heterocycles. The second kappa shape index (κ2) is 9.02. The van der Waals surface area contributed by atoms with E-state index in [-0.39, 0.29) is 0 Å². The van der Waals surface area contributed by atoms with Crippen LogP contribution in [-0.4, -0.2) is 115 Å². The van der Waals surface area contributed by atoms with Crippen molar-refractivity contribution in [3.8, 4) is 0 Å². The number of hydrogen-bond acceptors (Lipinski definition) is 6. The van der Waals surface area contributed by atoms with Gasteiger partial charge >= 0.3 is 0 Å². The van der Waals surface area contributed by atoms with E-state index in [9.17, 15) is 10.2 Å². The van der Waals surface area contributed by atoms with Gasteiger partial charge < -0.3 is 24.9 Å². The van der Waals surface area contributed by atoms with Crippen LogP contribution in [0.2, 0.25) is 0 Å². The minimum Gasteiger partial charge on any atom is -0.367 e. The lowest BCUT2D eigenvalue weighted by molar-refractivity contribution is -0.0630. The lowest BCUT2D eigenvalue weighted by Crippen LogP contribution is -2.47. The molecule has 2 unspecified atom stereocenters. The number of fused-ring (bicyclic) bond motifs is 3. The Morgan fingerprint density at radius 2 is 1.29 bits per heavy atom. The zero-order chi connectivity index (χ0) is 15.1. The molecular formula is C15H32N4O2. The van der Waals surface area contributed by atoms with Crippen LogP contribution in [0.1, 0.15) is 12.8 Å². The maximum atomic E-state index is 9.22. The maximum Gasteiger partial charge on any atom is 0.164 e. The molecule has 0 amide bonds. The van der Waals surface area contributed by atoms with Crippen molar-refractivity contribution in [2.75, 3.05) is 79.0 Å². The summed E-state index contributed by atoms with van der Waals surface area (Å²) in [5.74, 6) is 0. The molecule has 0 spiro atoms. The van der Waals surface area contributed by atoms with Crippen LogP contribution in [0, 0.1) is 0 Å². The predicted molar refractivity (Wildman–Crippen MR) is 84.3 cm³/mol. The molecule has 2 rings (SSSR count). The van der Waals surface area contributed by atoms with Gasteiger partial charge in [-0.1, -0.05) is 0 Å². The van der Waals surface area contributed by atoms with Gasteiger partial charge in [-0.25, -0.2) is 0 Å². The van der Waals surface area contributed by atoms with Crippen molar-refractivity contribution in [3.63, 3.8) is 0 Å². The van der Waals surface area contributed by atoms with Crippen LogP contribution < -0.4 is 0 Å². The third-order valence-corrected chi connectivity index (χ3v) is 4.65. The van der Waals surface area contributed by atoms with Crippen molar-refractivity contribution in [2.24, 2.45) is 0 Å². The van der Waals surface area contributed by atoms with Gasteiger partial charge in [-0.15, -0.1) is 0 Å². The van der Waals surface area contributed by atoms with Crippen LogP contribution >= 0.6 is 0 Å². The molecule has 2 aliphatic rings. The van der Waals surface area contributed by atoms with Gasteiger partial charge in [0, 0.05) is 45.8 Å². The Hall–Kier alpha value is -0.240. The molecule has 2 bridgehead atoms. The van der Waals surface area contributed by atoms with E-state index in [1.807, 2.05) is 0 Å². The van der Waals surface area contributed by atoms with Crippen molar-refractivity contribution < 1.29 is 10.2 Å². The molecule has 2 heterocycles. The van der Waals surface area contributed by atoms with Crippen molar-refractivity contribution >= 4 is 0 Å². The summed E-state index contributed by atoms with van der Waals surface area (Å²) >= 11 is 0. The number of hydrogen-bond donors (Lipinski definition) is 2. The summed E-state index contributed by atoms with van der Waals surface area (Å²) in [7, 11) is 2.22. The fourth-order valence-corrected chi connectivity index (χ4v) is 3.27. The second-order valence-electron chi connectivity index (χ2n) is 6.47. The van der Waals surface area contributed by atoms with Crippen LogP contribution in [0.4, 0.5) is 0 Å². The van der Waals surface area contributed by atoms with E-state index in [4.69, 9.17) is 0 Å². The first-order chi connectivity index (χ1) is 10.1. The molecule has 2 saturated heterocycles. The van der Waals surface area contributed by atoms with Gasteiger partial charge in [-0.2, -0.15) is 0 Å². The first-order valence-electron chi connectivity index (χ1n) is 8.35. The highest BCUT2D eigenvalue weighted by molar-refractivity contribution is 4.73. The standard InChI is InChI=1S/C15H32N4O2/c1-16-4-2-5-18-11-10-17(9-8-16)6-3-7-19(13-12-18)14-15(20)21/h15,20-21H,2-14H2,1H3. The molecule has 124 valence electrons. The molecule has 2 atom stereocenters. The van der Waals surface area contributed by atoms with E-state index in [1.54, 1.807) is 0 Å². The molecule has 6 nitrogen and oxygen atoms in total. The van der Waals surface area contributed by atoms with Gasteiger partial charge in [0.05, 0.1) is 0 Å². The Balaban J connectivity index is 1.94. The first kappa shape index (κ1) is 17.1. The third-order valence-electron chi connectivity index (χ3n) is 4.65. The molecule has 2 fully saturated rings. The molecule has 2 N–H and O–H groups in total. The molecule has 0 aliphatic carbocycles. The van der Waals surface area contributed by atoms with E-state index in [0.717, 1.165) is 65.3 Å². The average molecular weight is 300 g/mol. The van der Waals surface area contributed by atoms with Crippen molar-refractivity contribution in [3.05, 3.63) is 0 Å². The Labute approximate surface area is 128 Å². The van der Waals surface area contributed by atoms with Gasteiger partial charge in [0.25, 0.3) is 0 Å². The molecule has 21 heavy (non-hydrogen) atoms. The third kappa shape index (κ3) is 6.59. The van der Waals surface area contributed by atoms with Crippen LogP contribution in [-0.2, 0) is 0 Å². The SMILES string of the molecule is CN1CCCN2CCN(CCCN(CC(O)O)CC2)CC1. The zero-order valence-corrected chi connectivity index (χ0v) is 13.5. The molecule has 6 heteroatoms. The Morgan fingerprint density at radius 1 is 0.714 bits per heavy atom. The summed E-state index contributed by atoms with van der Waals surface area (Å²) < 4.78 is 0. The van der Waals surface area contributed by atoms with Gasteiger partial charge in [-0.05, 0) is 46.1 Å². The number of rotatable bonds is 2. The number of aliphatic hydroxyl groups excluding tert-OH is 1. The fourth-order valence-electron chi connectivity index (χ4n) is 3.27. The number of likely N-dealkylation sites (N-methyl/N-ethyl adjacent to an activating group) is 1. The maximum absolute atomic E-state index is 9.22. The summed E-state index contributed by atoms with van der Waals surface area (Å²) in [6.45, 7) is 11.3. The molecule has 0 aromatic rings. The summed E-state index contributed by atoms with van der Waals surface area (Å²) in [5, 5.41) is 18.4. The van der Waals surface area contributed by atoms with Crippen LogP contribution in [0.5, 0.6) is 0 Å². The minimum atomic E-state index is -1.22. The van der Waals surface area contributed by atoms with E-state index in [2.05, 4.69) is 26.6 Å². The molecule has 0 aromatic carbocycles. The van der Waals surface area contributed by atoms with E-state index in [0.29, 0.717) is 6.54 Å². The smallest absolute Gasteiger partial charge is 0.164 e. The summed E-state index contributed by atoms with van der Waals surface area (Å²) in [6, 6.07) is 0. The summed E-state index contributed by atoms with van der Waals surface area (Å²) in [5.41, 5.74) is 0. The minimum absolute atomic E-state index is 0.372. The van der Waals surface area contributed by atoms with Gasteiger partial charge in [-0.3, -0.25) is 4.90 Å². The first-order valence-corrected chi connectivity index (χ1v) is 8.35. The van der Waals surface area contributed by atoms with Crippen LogP contribution in [0.3, 0.4) is 0 Å². The Morgan fingerprint density at radius 3 is 1.95 bits per heavy atom. The Kier molecular flexibility index (Phi) is 7.36. The molecule has 0 radical (unpaired) electrons. The summed E-state index contributed by atoms with van der Waals surface area (Å²) in [4.78, 5) is 9.73. The second-order valence-corrected chi connectivity index (χ2v) is 6.47. The fraction of sp³-hybridized carbons (Fsp3) is 1.00. The summed E-state index contributed by atoms with van der Waals surface area (Å²) in [6.07, 6.45) is 1.11. The predicted octanol–water partition coefficient (Wildman–Crippen LogP) is -1.06. The zero-order valence-electron chi connectivity index (χ0n) is 13.5. The highest BCUT2D eigenvalue weighted by atomic mass is 16.5. The molecule has 0 aromatic heterocycles. The highest BCUT2D eigenvalue weighted by Crippen LogP contribution is 2.05. The van der Waals surface area contributed by atoms with Gasteiger partial charge in [0.15, 0.2) is 6.29 Å². The van der Waals surface area contributed by atoms with E-state index >= 15 is 0 Å². The van der Waals surface area contributed by atoms with E-state index in [1.165, 1.54) is 13.0 Å². The van der Waals surface area contributed by atoms with Crippen molar-refractivity contribution in [2.45, 2.75) is 19.1 Å². The van der Waals surface area contributed by atoms with Crippen LogP contribution in [0.15, 0.2) is 0 Å². The molecular weight excluding hydrogens is 268 g/mol. The van der Waals surface area contributed by atoms with Crippen LogP contribution in [0.25, 0.3) is 0 Å².